The van der Waals surface area contributed by atoms with E-state index in [4.69, 9.17) is 16.3 Å². The van der Waals surface area contributed by atoms with Crippen molar-refractivity contribution in [2.45, 2.75) is 53.2 Å². The second-order valence-electron chi connectivity index (χ2n) is 11.9. The van der Waals surface area contributed by atoms with Crippen LogP contribution in [0.3, 0.4) is 0 Å². The summed E-state index contributed by atoms with van der Waals surface area (Å²) < 4.78 is 5.15. The van der Waals surface area contributed by atoms with Gasteiger partial charge in [0.25, 0.3) is 0 Å². The van der Waals surface area contributed by atoms with Gasteiger partial charge in [-0.1, -0.05) is 75.7 Å². The number of hydrogen-bond acceptors (Lipinski definition) is 5. The van der Waals surface area contributed by atoms with Crippen LogP contribution in [0, 0.1) is 16.5 Å². The van der Waals surface area contributed by atoms with E-state index in [1.165, 1.54) is 0 Å². The second-order valence-corrected chi connectivity index (χ2v) is 12.3. The fourth-order valence-electron chi connectivity index (χ4n) is 5.92. The predicted octanol–water partition coefficient (Wildman–Crippen LogP) is 7.90. The lowest BCUT2D eigenvalue weighted by atomic mass is 9.73. The Morgan fingerprint density at radius 1 is 1.10 bits per heavy atom. The van der Waals surface area contributed by atoms with Gasteiger partial charge in [-0.2, -0.15) is 0 Å². The topological polar surface area (TPSA) is 81.6 Å². The van der Waals surface area contributed by atoms with Crippen LogP contribution in [0.4, 0.5) is 11.4 Å². The Morgan fingerprint density at radius 2 is 1.85 bits per heavy atom. The first kappa shape index (κ1) is 27.3. The van der Waals surface area contributed by atoms with E-state index in [0.717, 1.165) is 5.56 Å². The molecule has 2 unspecified atom stereocenters. The van der Waals surface area contributed by atoms with Gasteiger partial charge in [0.15, 0.2) is 17.5 Å². The average molecular weight is 547 g/mol. The highest BCUT2D eigenvalue weighted by Gasteiger charge is 2.48. The molecule has 0 bridgehead atoms. The third kappa shape index (κ3) is 5.29. The van der Waals surface area contributed by atoms with Crippen LogP contribution in [-0.4, -0.2) is 17.4 Å². The highest BCUT2D eigenvalue weighted by atomic mass is 35.5. The predicted molar refractivity (Wildman–Crippen MR) is 157 cm³/mol. The molecule has 2 aliphatic rings. The highest BCUT2D eigenvalue weighted by Crippen LogP contribution is 2.54. The quantitative estimate of drug-likeness (QED) is 0.186. The van der Waals surface area contributed by atoms with Crippen LogP contribution in [0.5, 0.6) is 11.5 Å². The SMILES string of the molecule is CC(C)C[N+]1([O-])c2cccc(O)c2NC2=C(C(=O)CC(C)(C)C2)C1c1ccc(OCc2ccccc2)cc1Cl. The number of fused-ring (bicyclic) bond motifs is 1. The number of para-hydroxylation sites is 1. The van der Waals surface area contributed by atoms with E-state index in [1.54, 1.807) is 24.3 Å². The number of anilines is 1. The summed E-state index contributed by atoms with van der Waals surface area (Å²) in [6, 6.07) is 19.3. The number of hydroxylamine groups is 2. The van der Waals surface area contributed by atoms with Crippen molar-refractivity contribution >= 4 is 28.8 Å². The van der Waals surface area contributed by atoms with Crippen LogP contribution >= 0.6 is 11.6 Å². The van der Waals surface area contributed by atoms with Crippen molar-refractivity contribution in [3.63, 3.8) is 0 Å². The average Bonchev–Trinajstić information content (AvgIpc) is 2.96. The Bertz CT molecular complexity index is 1430. The Labute approximate surface area is 235 Å². The minimum absolute atomic E-state index is 0.00439. The molecule has 3 aromatic carbocycles. The van der Waals surface area contributed by atoms with Crippen LogP contribution in [0.2, 0.25) is 5.02 Å². The van der Waals surface area contributed by atoms with Crippen LogP contribution in [0.1, 0.15) is 57.7 Å². The molecule has 0 spiro atoms. The number of nitrogens with zero attached hydrogens (tertiary/aromatic N) is 1. The summed E-state index contributed by atoms with van der Waals surface area (Å²) in [5, 5.41) is 29.9. The number of quaternary nitrogens is 1. The Balaban J connectivity index is 1.67. The molecule has 3 aromatic rings. The Morgan fingerprint density at radius 3 is 2.54 bits per heavy atom. The Kier molecular flexibility index (Phi) is 7.23. The molecule has 204 valence electrons. The maximum atomic E-state index is 15.3. The van der Waals surface area contributed by atoms with Gasteiger partial charge >= 0.3 is 0 Å². The van der Waals surface area contributed by atoms with Gasteiger partial charge in [-0.15, -0.1) is 0 Å². The molecule has 0 saturated carbocycles. The van der Waals surface area contributed by atoms with Crippen molar-refractivity contribution < 1.29 is 14.6 Å². The number of Topliss-reactive ketones (excluding diaryl/α,β-unsaturated/α-hetero) is 1. The number of aromatic hydroxyl groups is 1. The van der Waals surface area contributed by atoms with Crippen molar-refractivity contribution in [3.8, 4) is 11.5 Å². The smallest absolute Gasteiger partial charge is 0.167 e. The van der Waals surface area contributed by atoms with Gasteiger partial charge in [0.05, 0.1) is 17.1 Å². The van der Waals surface area contributed by atoms with Crippen LogP contribution in [0.25, 0.3) is 0 Å². The summed E-state index contributed by atoms with van der Waals surface area (Å²) in [6.45, 7) is 8.63. The van der Waals surface area contributed by atoms with E-state index in [1.807, 2.05) is 70.2 Å². The van der Waals surface area contributed by atoms with E-state index in [2.05, 4.69) is 5.32 Å². The lowest BCUT2D eigenvalue weighted by Gasteiger charge is -2.50. The normalized spacial score (nSPS) is 22.1. The lowest BCUT2D eigenvalue weighted by molar-refractivity contribution is -0.118. The van der Waals surface area contributed by atoms with Gasteiger partial charge in [-0.25, -0.2) is 0 Å². The molecule has 1 aliphatic heterocycles. The number of halogens is 1. The standard InChI is InChI=1S/C32H35ClN2O4/c1-20(2)18-35(38)26-11-8-12-27(36)30(26)34-25-16-32(3,4)17-28(37)29(25)31(35)23-14-13-22(15-24(23)33)39-19-21-9-6-5-7-10-21/h5-15,20,31,34,36H,16-19H2,1-4H3. The largest absolute Gasteiger partial charge is 0.627 e. The molecule has 0 radical (unpaired) electrons. The van der Waals surface area contributed by atoms with E-state index in [0.29, 0.717) is 58.4 Å². The number of ketones is 1. The number of allylic oxidation sites excluding steroid dienone is 1. The number of phenolic OH excluding ortho intramolecular Hbond substituents is 1. The Hall–Kier alpha value is -3.32. The third-order valence-corrected chi connectivity index (χ3v) is 7.79. The number of nitrogens with one attached hydrogen (secondary N) is 1. The molecule has 6 nitrogen and oxygen atoms in total. The number of rotatable bonds is 6. The van der Waals surface area contributed by atoms with Crippen molar-refractivity contribution in [2.24, 2.45) is 11.3 Å². The summed E-state index contributed by atoms with van der Waals surface area (Å²) in [5.74, 6) is 0.489. The van der Waals surface area contributed by atoms with Gasteiger partial charge in [0.1, 0.15) is 23.8 Å². The monoisotopic (exact) mass is 546 g/mol. The first-order valence-electron chi connectivity index (χ1n) is 13.4. The molecule has 1 aliphatic carbocycles. The maximum absolute atomic E-state index is 15.3. The van der Waals surface area contributed by atoms with Gasteiger partial charge in [0, 0.05) is 29.7 Å². The van der Waals surface area contributed by atoms with Crippen LogP contribution in [-0.2, 0) is 11.4 Å². The van der Waals surface area contributed by atoms with Crippen LogP contribution in [0.15, 0.2) is 78.0 Å². The number of carbonyl (C=O) groups is 1. The number of hydrogen-bond donors (Lipinski definition) is 2. The molecule has 0 amide bonds. The zero-order valence-electron chi connectivity index (χ0n) is 22.8. The summed E-state index contributed by atoms with van der Waals surface area (Å²) in [4.78, 5) is 13.9. The molecule has 0 saturated heterocycles. The molecule has 7 heteroatoms. The summed E-state index contributed by atoms with van der Waals surface area (Å²) in [5.41, 5.74) is 3.16. The first-order valence-corrected chi connectivity index (χ1v) is 13.8. The number of benzene rings is 3. The van der Waals surface area contributed by atoms with Crippen molar-refractivity contribution in [2.75, 3.05) is 11.9 Å². The highest BCUT2D eigenvalue weighted by molar-refractivity contribution is 6.31. The molecule has 5 rings (SSSR count). The second kappa shape index (κ2) is 10.3. The number of ether oxygens (including phenoxy) is 1. The van der Waals surface area contributed by atoms with Gasteiger partial charge in [-0.05, 0) is 41.7 Å². The number of phenols is 1. The third-order valence-electron chi connectivity index (χ3n) is 7.47. The summed E-state index contributed by atoms with van der Waals surface area (Å²) in [7, 11) is 0. The zero-order valence-corrected chi connectivity index (χ0v) is 23.6. The van der Waals surface area contributed by atoms with Gasteiger partial charge < -0.3 is 25.0 Å². The molecule has 0 aromatic heterocycles. The maximum Gasteiger partial charge on any atom is 0.167 e. The van der Waals surface area contributed by atoms with E-state index < -0.39 is 10.7 Å². The van der Waals surface area contributed by atoms with Crippen molar-refractivity contribution in [1.82, 2.24) is 4.65 Å². The summed E-state index contributed by atoms with van der Waals surface area (Å²) >= 11 is 6.92. The van der Waals surface area contributed by atoms with E-state index in [-0.39, 0.29) is 29.4 Å². The van der Waals surface area contributed by atoms with Gasteiger partial charge in [0.2, 0.25) is 0 Å². The molecule has 1 heterocycles. The molecular weight excluding hydrogens is 512 g/mol. The molecule has 0 fully saturated rings. The van der Waals surface area contributed by atoms with Crippen LogP contribution < -0.4 is 14.7 Å². The van der Waals surface area contributed by atoms with Crippen molar-refractivity contribution in [3.05, 3.63) is 99.4 Å². The fourth-order valence-corrected chi connectivity index (χ4v) is 6.19. The molecule has 2 N–H and O–H groups in total. The van der Waals surface area contributed by atoms with Crippen molar-refractivity contribution in [1.29, 1.82) is 0 Å². The number of carbonyl (C=O) groups excluding carboxylic acids is 1. The zero-order chi connectivity index (χ0) is 27.9. The van der Waals surface area contributed by atoms with E-state index in [9.17, 15) is 9.90 Å². The summed E-state index contributed by atoms with van der Waals surface area (Å²) in [6.07, 6.45) is 0.889. The first-order chi connectivity index (χ1) is 18.5. The molecule has 39 heavy (non-hydrogen) atoms. The molecular formula is C32H35ClN2O4. The van der Waals surface area contributed by atoms with Gasteiger partial charge in [-0.3, -0.25) is 4.79 Å². The van der Waals surface area contributed by atoms with E-state index >= 15 is 5.21 Å². The minimum atomic E-state index is -0.905. The minimum Gasteiger partial charge on any atom is -0.627 e. The fraction of sp³-hybridized carbons (Fsp3) is 0.344. The lowest BCUT2D eigenvalue weighted by Crippen LogP contribution is -2.51. The molecule has 2 atom stereocenters.